The zero-order valence-corrected chi connectivity index (χ0v) is 20.8. The van der Waals surface area contributed by atoms with Gasteiger partial charge in [-0.25, -0.2) is 4.39 Å². The van der Waals surface area contributed by atoms with Crippen LogP contribution in [0, 0.1) is 5.82 Å². The van der Waals surface area contributed by atoms with Gasteiger partial charge in [-0.2, -0.15) is 0 Å². The molecule has 184 valence electrons. The summed E-state index contributed by atoms with van der Waals surface area (Å²) in [5.74, 6) is 0.184. The molecule has 0 spiro atoms. The molecule has 3 aromatic heterocycles. The minimum Gasteiger partial charge on any atom is -0.358 e. The van der Waals surface area contributed by atoms with Crippen LogP contribution in [0.2, 0.25) is 0 Å². The molecule has 1 amide bonds. The van der Waals surface area contributed by atoms with E-state index >= 15 is 0 Å². The first kappa shape index (κ1) is 23.2. The van der Waals surface area contributed by atoms with Crippen molar-refractivity contribution in [1.29, 1.82) is 0 Å². The zero-order chi connectivity index (χ0) is 25.5. The monoisotopic (exact) mass is 510 g/mol. The van der Waals surface area contributed by atoms with Crippen molar-refractivity contribution in [3.05, 3.63) is 114 Å². The SMILES string of the molecule is CNC(=O)Cn1cc(C(=O)c2ccn3c2CSC3c2cccnc2)c2ccc(-c3ccc(F)cc3)cc21. The first-order valence-corrected chi connectivity index (χ1v) is 12.9. The lowest BCUT2D eigenvalue weighted by molar-refractivity contribution is -0.121. The summed E-state index contributed by atoms with van der Waals surface area (Å²) in [6, 6.07) is 17.9. The van der Waals surface area contributed by atoms with Gasteiger partial charge < -0.3 is 14.5 Å². The second-order valence-corrected chi connectivity index (χ2v) is 10.0. The minimum atomic E-state index is -0.301. The standard InChI is InChI=1S/C29H23FN4O2S/c1-31-27(35)16-33-15-24(22-9-6-19(13-25(22)33)18-4-7-21(30)8-5-18)28(36)23-10-12-34-26(23)17-37-29(34)20-3-2-11-32-14-20/h2-15,29H,16-17H2,1H3,(H,31,35). The summed E-state index contributed by atoms with van der Waals surface area (Å²) in [5, 5.41) is 3.51. The fraction of sp³-hybridized carbons (Fsp3) is 0.138. The van der Waals surface area contributed by atoms with Gasteiger partial charge in [0.1, 0.15) is 17.7 Å². The number of aromatic nitrogens is 3. The molecule has 6 rings (SSSR count). The molecule has 8 heteroatoms. The number of benzene rings is 2. The van der Waals surface area contributed by atoms with Gasteiger partial charge in [-0.3, -0.25) is 14.6 Å². The zero-order valence-electron chi connectivity index (χ0n) is 20.0. The average Bonchev–Trinajstić information content (AvgIpc) is 3.63. The molecule has 0 fully saturated rings. The molecule has 1 aliphatic heterocycles. The van der Waals surface area contributed by atoms with Crippen molar-refractivity contribution in [2.75, 3.05) is 7.05 Å². The molecule has 6 nitrogen and oxygen atoms in total. The van der Waals surface area contributed by atoms with Crippen molar-refractivity contribution in [3.8, 4) is 11.1 Å². The third kappa shape index (κ3) is 4.13. The molecule has 37 heavy (non-hydrogen) atoms. The van der Waals surface area contributed by atoms with E-state index in [1.165, 1.54) is 12.1 Å². The largest absolute Gasteiger partial charge is 0.358 e. The van der Waals surface area contributed by atoms with E-state index in [0.29, 0.717) is 11.1 Å². The minimum absolute atomic E-state index is 0.0728. The van der Waals surface area contributed by atoms with Gasteiger partial charge in [0.25, 0.3) is 0 Å². The van der Waals surface area contributed by atoms with Crippen molar-refractivity contribution in [2.45, 2.75) is 17.7 Å². The Morgan fingerprint density at radius 2 is 1.89 bits per heavy atom. The molecule has 0 bridgehead atoms. The predicted molar refractivity (Wildman–Crippen MR) is 143 cm³/mol. The number of halogens is 1. The van der Waals surface area contributed by atoms with Crippen LogP contribution in [0.3, 0.4) is 0 Å². The normalized spacial score (nSPS) is 14.6. The number of carbonyl (C=O) groups excluding carboxylic acids is 2. The summed E-state index contributed by atoms with van der Waals surface area (Å²) in [6.45, 7) is 0.0833. The second-order valence-electron chi connectivity index (χ2n) is 8.94. The Bertz CT molecular complexity index is 1640. The van der Waals surface area contributed by atoms with Crippen LogP contribution in [0.5, 0.6) is 0 Å². The second kappa shape index (κ2) is 9.37. The highest BCUT2D eigenvalue weighted by molar-refractivity contribution is 7.99. The van der Waals surface area contributed by atoms with Gasteiger partial charge in [0.15, 0.2) is 5.78 Å². The highest BCUT2D eigenvalue weighted by Gasteiger charge is 2.30. The number of hydrogen-bond donors (Lipinski definition) is 1. The predicted octanol–water partition coefficient (Wildman–Crippen LogP) is 5.41. The lowest BCUT2D eigenvalue weighted by Gasteiger charge is -2.11. The molecule has 4 heterocycles. The van der Waals surface area contributed by atoms with E-state index < -0.39 is 0 Å². The summed E-state index contributed by atoms with van der Waals surface area (Å²) in [5.41, 5.74) is 5.80. The Kier molecular flexibility index (Phi) is 5.88. The first-order valence-electron chi connectivity index (χ1n) is 11.9. The van der Waals surface area contributed by atoms with Gasteiger partial charge in [0.2, 0.25) is 5.91 Å². The Hall–Kier alpha value is -4.17. The van der Waals surface area contributed by atoms with Crippen molar-refractivity contribution >= 4 is 34.4 Å². The number of ketones is 1. The molecular weight excluding hydrogens is 487 g/mol. The Morgan fingerprint density at radius 3 is 2.65 bits per heavy atom. The van der Waals surface area contributed by atoms with Crippen LogP contribution in [0.4, 0.5) is 4.39 Å². The Morgan fingerprint density at radius 1 is 1.08 bits per heavy atom. The molecule has 5 aromatic rings. The number of hydrogen-bond acceptors (Lipinski definition) is 4. The van der Waals surface area contributed by atoms with Crippen molar-refractivity contribution in [1.82, 2.24) is 19.4 Å². The van der Waals surface area contributed by atoms with Crippen LogP contribution in [-0.4, -0.2) is 32.9 Å². The summed E-state index contributed by atoms with van der Waals surface area (Å²) >= 11 is 1.76. The molecule has 2 aromatic carbocycles. The highest BCUT2D eigenvalue weighted by atomic mass is 32.2. The van der Waals surface area contributed by atoms with Crippen molar-refractivity contribution in [2.24, 2.45) is 0 Å². The number of rotatable bonds is 6. The van der Waals surface area contributed by atoms with Gasteiger partial charge in [0, 0.05) is 70.9 Å². The van der Waals surface area contributed by atoms with E-state index in [9.17, 15) is 14.0 Å². The van der Waals surface area contributed by atoms with E-state index in [1.54, 1.807) is 47.9 Å². The number of nitrogens with zero attached hydrogens (tertiary/aromatic N) is 3. The third-order valence-electron chi connectivity index (χ3n) is 6.77. The fourth-order valence-corrected chi connectivity index (χ4v) is 6.19. The number of thioether (sulfide) groups is 1. The van der Waals surface area contributed by atoms with E-state index in [2.05, 4.69) is 14.9 Å². The van der Waals surface area contributed by atoms with Crippen LogP contribution in [-0.2, 0) is 17.1 Å². The van der Waals surface area contributed by atoms with E-state index in [-0.39, 0.29) is 29.4 Å². The first-order chi connectivity index (χ1) is 18.0. The number of fused-ring (bicyclic) bond motifs is 2. The maximum absolute atomic E-state index is 13.9. The Balaban J connectivity index is 1.42. The number of nitrogens with one attached hydrogen (secondary N) is 1. The van der Waals surface area contributed by atoms with Gasteiger partial charge in [-0.15, -0.1) is 11.8 Å². The molecule has 0 saturated carbocycles. The van der Waals surface area contributed by atoms with Crippen LogP contribution < -0.4 is 5.32 Å². The summed E-state index contributed by atoms with van der Waals surface area (Å²) in [7, 11) is 1.59. The summed E-state index contributed by atoms with van der Waals surface area (Å²) < 4.78 is 17.4. The van der Waals surface area contributed by atoms with Crippen LogP contribution in [0.1, 0.15) is 32.6 Å². The lowest BCUT2D eigenvalue weighted by Crippen LogP contribution is -2.23. The molecule has 0 saturated heterocycles. The van der Waals surface area contributed by atoms with Crippen LogP contribution >= 0.6 is 11.8 Å². The van der Waals surface area contributed by atoms with Crippen molar-refractivity contribution < 1.29 is 14.0 Å². The summed E-state index contributed by atoms with van der Waals surface area (Å²) in [4.78, 5) is 30.4. The fourth-order valence-electron chi connectivity index (χ4n) is 4.88. The van der Waals surface area contributed by atoms with Crippen LogP contribution in [0.25, 0.3) is 22.0 Å². The molecule has 0 aliphatic carbocycles. The van der Waals surface area contributed by atoms with E-state index in [0.717, 1.165) is 39.0 Å². The van der Waals surface area contributed by atoms with Gasteiger partial charge in [-0.1, -0.05) is 30.3 Å². The number of amides is 1. The number of pyridine rings is 1. The maximum Gasteiger partial charge on any atom is 0.239 e. The average molecular weight is 511 g/mol. The van der Waals surface area contributed by atoms with E-state index in [1.807, 2.05) is 48.8 Å². The van der Waals surface area contributed by atoms with Gasteiger partial charge >= 0.3 is 0 Å². The number of carbonyl (C=O) groups is 2. The summed E-state index contributed by atoms with van der Waals surface area (Å²) in [6.07, 6.45) is 7.35. The number of likely N-dealkylation sites (N-methyl/N-ethyl adjacent to an activating group) is 1. The smallest absolute Gasteiger partial charge is 0.239 e. The van der Waals surface area contributed by atoms with E-state index in [4.69, 9.17) is 0 Å². The molecule has 1 atom stereocenters. The molecular formula is C29H23FN4O2S. The maximum atomic E-state index is 13.9. The quantitative estimate of drug-likeness (QED) is 0.310. The van der Waals surface area contributed by atoms with Crippen LogP contribution in [0.15, 0.2) is 85.5 Å². The third-order valence-corrected chi connectivity index (χ3v) is 8.02. The molecule has 1 N–H and O–H groups in total. The Labute approximate surface area is 217 Å². The highest BCUT2D eigenvalue weighted by Crippen LogP contribution is 2.42. The molecule has 1 unspecified atom stereocenters. The van der Waals surface area contributed by atoms with Crippen molar-refractivity contribution in [3.63, 3.8) is 0 Å². The molecule has 0 radical (unpaired) electrons. The molecule has 1 aliphatic rings. The van der Waals surface area contributed by atoms with Gasteiger partial charge in [0.05, 0.1) is 0 Å². The lowest BCUT2D eigenvalue weighted by atomic mass is 10.00. The van der Waals surface area contributed by atoms with Gasteiger partial charge in [-0.05, 0) is 41.5 Å². The topological polar surface area (TPSA) is 68.9 Å².